The zero-order valence-electron chi connectivity index (χ0n) is 16.1. The van der Waals surface area contributed by atoms with Crippen molar-refractivity contribution < 1.29 is 9.21 Å². The van der Waals surface area contributed by atoms with Gasteiger partial charge in [0, 0.05) is 21.4 Å². The van der Waals surface area contributed by atoms with Gasteiger partial charge in [0.05, 0.1) is 0 Å². The van der Waals surface area contributed by atoms with E-state index < -0.39 is 0 Å². The number of unbranched alkanes of at least 4 members (excludes halogenated alkanes) is 3. The van der Waals surface area contributed by atoms with E-state index in [2.05, 4.69) is 42.6 Å². The maximum Gasteiger partial charge on any atom is 0.150 e. The fraction of sp³-hybridized carbons (Fsp3) is 0.240. The molecule has 0 unspecified atom stereocenters. The van der Waals surface area contributed by atoms with Gasteiger partial charge in [0.25, 0.3) is 0 Å². The van der Waals surface area contributed by atoms with Gasteiger partial charge in [-0.1, -0.05) is 62.6 Å². The molecule has 2 nitrogen and oxygen atoms in total. The van der Waals surface area contributed by atoms with Crippen LogP contribution in [-0.2, 0) is 6.42 Å². The molecule has 0 saturated heterocycles. The summed E-state index contributed by atoms with van der Waals surface area (Å²) >= 11 is 1.82. The first-order valence-corrected chi connectivity index (χ1v) is 10.8. The molecule has 3 heteroatoms. The number of aldehydes is 1. The van der Waals surface area contributed by atoms with Crippen LogP contribution in [-0.4, -0.2) is 6.29 Å². The van der Waals surface area contributed by atoms with Gasteiger partial charge < -0.3 is 4.42 Å². The van der Waals surface area contributed by atoms with E-state index in [-0.39, 0.29) is 0 Å². The van der Waals surface area contributed by atoms with Crippen LogP contribution < -0.4 is 0 Å². The van der Waals surface area contributed by atoms with Gasteiger partial charge in [0.15, 0.2) is 0 Å². The molecular weight excluding hydrogens is 364 g/mol. The predicted octanol–water partition coefficient (Wildman–Crippen LogP) is 7.76. The Balaban J connectivity index is 1.55. The molecule has 0 aliphatic carbocycles. The molecule has 4 rings (SSSR count). The first-order valence-electron chi connectivity index (χ1n) is 9.94. The van der Waals surface area contributed by atoms with Gasteiger partial charge in [-0.3, -0.25) is 4.79 Å². The van der Waals surface area contributed by atoms with Crippen LogP contribution in [0.3, 0.4) is 0 Å². The lowest BCUT2D eigenvalue weighted by molar-refractivity contribution is 0.112. The Morgan fingerprint density at radius 1 is 0.929 bits per heavy atom. The van der Waals surface area contributed by atoms with Crippen molar-refractivity contribution in [3.8, 4) is 21.8 Å². The van der Waals surface area contributed by atoms with Gasteiger partial charge in [0.2, 0.25) is 0 Å². The fourth-order valence-electron chi connectivity index (χ4n) is 3.58. The Hall–Kier alpha value is -2.65. The minimum Gasteiger partial charge on any atom is -0.456 e. The largest absolute Gasteiger partial charge is 0.456 e. The summed E-state index contributed by atoms with van der Waals surface area (Å²) in [6.07, 6.45) is 7.16. The Labute approximate surface area is 169 Å². The highest BCUT2D eigenvalue weighted by Crippen LogP contribution is 2.34. The van der Waals surface area contributed by atoms with Gasteiger partial charge in [-0.2, -0.15) is 0 Å². The fourth-order valence-corrected chi connectivity index (χ4v) is 4.54. The van der Waals surface area contributed by atoms with Crippen LogP contribution in [0.4, 0.5) is 0 Å². The van der Waals surface area contributed by atoms with Crippen LogP contribution in [0.1, 0.15) is 48.5 Å². The lowest BCUT2D eigenvalue weighted by atomic mass is 10.0. The molecule has 2 aromatic carbocycles. The van der Waals surface area contributed by atoms with Crippen LogP contribution in [0.25, 0.3) is 32.7 Å². The Morgan fingerprint density at radius 2 is 1.75 bits per heavy atom. The maximum atomic E-state index is 11.0. The first kappa shape index (κ1) is 18.7. The van der Waals surface area contributed by atoms with E-state index in [1.54, 1.807) is 6.07 Å². The minimum absolute atomic E-state index is 0.632. The van der Waals surface area contributed by atoms with Crippen molar-refractivity contribution in [3.05, 3.63) is 71.1 Å². The van der Waals surface area contributed by atoms with Crippen molar-refractivity contribution in [2.75, 3.05) is 0 Å². The molecule has 0 atom stereocenters. The van der Waals surface area contributed by atoms with Crippen molar-refractivity contribution in [1.29, 1.82) is 0 Å². The SMILES string of the molecule is CCCCCCc1ccsc1-c1ccc(-c2cc3ccc(C=O)cc3o2)cc1. The molecular formula is C25H24O2S. The molecule has 142 valence electrons. The molecule has 0 spiro atoms. The van der Waals surface area contributed by atoms with E-state index >= 15 is 0 Å². The lowest BCUT2D eigenvalue weighted by Crippen LogP contribution is -1.86. The van der Waals surface area contributed by atoms with Crippen LogP contribution >= 0.6 is 11.3 Å². The summed E-state index contributed by atoms with van der Waals surface area (Å²) in [6, 6.07) is 18.4. The van der Waals surface area contributed by atoms with Crippen molar-refractivity contribution in [1.82, 2.24) is 0 Å². The van der Waals surface area contributed by atoms with Crippen molar-refractivity contribution >= 4 is 28.6 Å². The van der Waals surface area contributed by atoms with Gasteiger partial charge in [-0.15, -0.1) is 11.3 Å². The molecule has 0 radical (unpaired) electrons. The maximum absolute atomic E-state index is 11.0. The number of fused-ring (bicyclic) bond motifs is 1. The molecule has 28 heavy (non-hydrogen) atoms. The number of hydrogen-bond donors (Lipinski definition) is 0. The average molecular weight is 389 g/mol. The molecule has 0 aliphatic heterocycles. The lowest BCUT2D eigenvalue weighted by Gasteiger charge is -2.05. The monoisotopic (exact) mass is 388 g/mol. The van der Waals surface area contributed by atoms with E-state index in [9.17, 15) is 4.79 Å². The average Bonchev–Trinajstić information content (AvgIpc) is 3.37. The van der Waals surface area contributed by atoms with E-state index in [0.717, 1.165) is 35.0 Å². The number of rotatable bonds is 8. The topological polar surface area (TPSA) is 30.2 Å². The Kier molecular flexibility index (Phi) is 5.73. The Bertz CT molecular complexity index is 1070. The van der Waals surface area contributed by atoms with Crippen LogP contribution in [0.5, 0.6) is 0 Å². The molecule has 0 saturated carbocycles. The van der Waals surface area contributed by atoms with E-state index in [0.29, 0.717) is 5.56 Å². The summed E-state index contributed by atoms with van der Waals surface area (Å²) < 4.78 is 5.97. The van der Waals surface area contributed by atoms with Gasteiger partial charge in [0.1, 0.15) is 17.6 Å². The number of furan rings is 1. The van der Waals surface area contributed by atoms with Gasteiger partial charge >= 0.3 is 0 Å². The van der Waals surface area contributed by atoms with Crippen LogP contribution in [0.15, 0.2) is 64.4 Å². The molecule has 0 bridgehead atoms. The van der Waals surface area contributed by atoms with E-state index in [1.807, 2.05) is 29.5 Å². The standard InChI is InChI=1S/C25H24O2S/c1-2-3-4-5-6-20-13-14-28-25(20)21-11-9-19(10-12-21)24-16-22-8-7-18(17-26)15-23(22)27-24/h7-17H,2-6H2,1H3. The molecule has 0 fully saturated rings. The summed E-state index contributed by atoms with van der Waals surface area (Å²) in [5, 5.41) is 3.21. The molecule has 0 amide bonds. The molecule has 4 aromatic rings. The normalized spacial score (nSPS) is 11.2. The van der Waals surface area contributed by atoms with Gasteiger partial charge in [-0.05, 0) is 47.5 Å². The predicted molar refractivity (Wildman–Crippen MR) is 118 cm³/mol. The number of carbonyl (C=O) groups is 1. The first-order chi connectivity index (χ1) is 13.8. The Morgan fingerprint density at radius 3 is 2.54 bits per heavy atom. The summed E-state index contributed by atoms with van der Waals surface area (Å²) in [4.78, 5) is 12.3. The third-order valence-corrected chi connectivity index (χ3v) is 6.16. The minimum atomic E-state index is 0.632. The molecule has 2 aromatic heterocycles. The third kappa shape index (κ3) is 3.95. The van der Waals surface area contributed by atoms with Crippen molar-refractivity contribution in [3.63, 3.8) is 0 Å². The third-order valence-electron chi connectivity index (χ3n) is 5.16. The second-order valence-corrected chi connectivity index (χ2v) is 8.10. The summed E-state index contributed by atoms with van der Waals surface area (Å²) in [5.74, 6) is 0.829. The van der Waals surface area contributed by atoms with Crippen LogP contribution in [0, 0.1) is 0 Å². The van der Waals surface area contributed by atoms with Crippen molar-refractivity contribution in [2.24, 2.45) is 0 Å². The zero-order valence-corrected chi connectivity index (χ0v) is 16.9. The van der Waals surface area contributed by atoms with Gasteiger partial charge in [-0.25, -0.2) is 0 Å². The van der Waals surface area contributed by atoms with Crippen molar-refractivity contribution in [2.45, 2.75) is 39.0 Å². The summed E-state index contributed by atoms with van der Waals surface area (Å²) in [5.41, 5.74) is 5.15. The number of aryl methyl sites for hydroxylation is 1. The second kappa shape index (κ2) is 8.57. The molecule has 0 aliphatic rings. The number of hydrogen-bond acceptors (Lipinski definition) is 3. The number of thiophene rings is 1. The summed E-state index contributed by atoms with van der Waals surface area (Å²) in [7, 11) is 0. The van der Waals surface area contributed by atoms with Crippen LogP contribution in [0.2, 0.25) is 0 Å². The highest BCUT2D eigenvalue weighted by atomic mass is 32.1. The number of carbonyl (C=O) groups excluding carboxylic acids is 1. The molecule has 0 N–H and O–H groups in total. The smallest absolute Gasteiger partial charge is 0.150 e. The quantitative estimate of drug-likeness (QED) is 0.228. The highest BCUT2D eigenvalue weighted by molar-refractivity contribution is 7.13. The second-order valence-electron chi connectivity index (χ2n) is 7.19. The molecule has 2 heterocycles. The highest BCUT2D eigenvalue weighted by Gasteiger charge is 2.10. The number of benzene rings is 2. The summed E-state index contributed by atoms with van der Waals surface area (Å²) in [6.45, 7) is 2.25. The van der Waals surface area contributed by atoms with E-state index in [4.69, 9.17) is 4.42 Å². The zero-order chi connectivity index (χ0) is 19.3. The van der Waals surface area contributed by atoms with E-state index in [1.165, 1.54) is 41.7 Å².